The molecule has 2 radical (unpaired) electrons. The number of anilines is 3. The van der Waals surface area contributed by atoms with Crippen molar-refractivity contribution in [2.24, 2.45) is 0 Å². The maximum Gasteiger partial charge on any atom is 0.256 e. The molecule has 0 saturated carbocycles. The Morgan fingerprint density at radius 2 is 2.13 bits per heavy atom. The lowest BCUT2D eigenvalue weighted by Gasteiger charge is -2.28. The zero-order chi connectivity index (χ0) is 16.6. The van der Waals surface area contributed by atoms with E-state index in [1.165, 1.54) is 6.20 Å². The van der Waals surface area contributed by atoms with Gasteiger partial charge in [-0.25, -0.2) is 4.98 Å². The summed E-state index contributed by atoms with van der Waals surface area (Å²) in [6.45, 7) is 6.86. The van der Waals surface area contributed by atoms with Gasteiger partial charge in [-0.2, -0.15) is 4.98 Å². The topological polar surface area (TPSA) is 106 Å². The van der Waals surface area contributed by atoms with E-state index in [1.807, 2.05) is 13.8 Å². The maximum atomic E-state index is 11.8. The van der Waals surface area contributed by atoms with Crippen molar-refractivity contribution in [3.05, 3.63) is 35.8 Å². The molecule has 0 saturated heterocycles. The smallest absolute Gasteiger partial charge is 0.256 e. The van der Waals surface area contributed by atoms with Crippen LogP contribution in [0, 0.1) is 20.4 Å². The highest BCUT2D eigenvalue weighted by Gasteiger charge is 2.27. The summed E-state index contributed by atoms with van der Waals surface area (Å²) in [5.74, 6) is 1.01. The standard InChI is InChI=1S/C15H16N6O2/c1-8-4-17-11(9(2)13(8)23-3)6-21-7-12(22)19-10-5-18-15(16)20-14(10)21/h4-5H,6H2,1-3H3,(H,19,22)(H2,16,18,20). The predicted octanol–water partition coefficient (Wildman–Crippen LogP) is 1.08. The molecule has 0 aliphatic carbocycles. The molecule has 0 aromatic carbocycles. The Kier molecular flexibility index (Phi) is 3.73. The fraction of sp³-hybridized carbons (Fsp3) is 0.267. The minimum atomic E-state index is -0.373. The van der Waals surface area contributed by atoms with Gasteiger partial charge in [-0.3, -0.25) is 9.78 Å². The van der Waals surface area contributed by atoms with Gasteiger partial charge in [0.25, 0.3) is 5.91 Å². The van der Waals surface area contributed by atoms with Gasteiger partial charge in [-0.05, 0) is 13.8 Å². The zero-order valence-corrected chi connectivity index (χ0v) is 13.0. The summed E-state index contributed by atoms with van der Waals surface area (Å²) in [7, 11) is 1.62. The number of nitrogens with one attached hydrogen (secondary N) is 1. The fourth-order valence-corrected chi connectivity index (χ4v) is 2.50. The highest BCUT2D eigenvalue weighted by atomic mass is 16.5. The molecule has 3 N–H and O–H groups in total. The fourth-order valence-electron chi connectivity index (χ4n) is 2.50. The third kappa shape index (κ3) is 2.75. The molecule has 23 heavy (non-hydrogen) atoms. The molecule has 118 valence electrons. The van der Waals surface area contributed by atoms with Crippen molar-refractivity contribution in [3.8, 4) is 5.75 Å². The van der Waals surface area contributed by atoms with Crippen molar-refractivity contribution < 1.29 is 9.53 Å². The summed E-state index contributed by atoms with van der Waals surface area (Å²) in [6.07, 6.45) is 3.21. The number of rotatable bonds is 3. The van der Waals surface area contributed by atoms with E-state index >= 15 is 0 Å². The molecule has 8 heteroatoms. The molecule has 2 aromatic heterocycles. The zero-order valence-electron chi connectivity index (χ0n) is 13.0. The Morgan fingerprint density at radius 3 is 2.87 bits per heavy atom. The lowest BCUT2D eigenvalue weighted by Crippen LogP contribution is -2.34. The van der Waals surface area contributed by atoms with Crippen LogP contribution in [0.15, 0.2) is 12.4 Å². The second kappa shape index (κ2) is 5.71. The Bertz CT molecular complexity index is 777. The average Bonchev–Trinajstić information content (AvgIpc) is 2.51. The van der Waals surface area contributed by atoms with E-state index < -0.39 is 0 Å². The normalized spacial score (nSPS) is 13.5. The van der Waals surface area contributed by atoms with Crippen molar-refractivity contribution in [1.29, 1.82) is 0 Å². The van der Waals surface area contributed by atoms with Gasteiger partial charge in [0.1, 0.15) is 11.4 Å². The predicted molar refractivity (Wildman–Crippen MR) is 84.8 cm³/mol. The van der Waals surface area contributed by atoms with Gasteiger partial charge in [0.05, 0.1) is 25.5 Å². The molecule has 0 atom stereocenters. The molecule has 8 nitrogen and oxygen atoms in total. The second-order valence-corrected chi connectivity index (χ2v) is 5.16. The summed E-state index contributed by atoms with van der Waals surface area (Å²) < 4.78 is 5.41. The number of carbonyl (C=O) groups is 1. The number of hydrogen-bond acceptors (Lipinski definition) is 7. The third-order valence-electron chi connectivity index (χ3n) is 3.59. The molecular formula is C15H16N6O2. The number of fused-ring (bicyclic) bond motifs is 1. The molecule has 3 heterocycles. The third-order valence-corrected chi connectivity index (χ3v) is 3.59. The molecule has 0 fully saturated rings. The second-order valence-electron chi connectivity index (χ2n) is 5.16. The minimum absolute atomic E-state index is 0.123. The van der Waals surface area contributed by atoms with E-state index in [9.17, 15) is 4.79 Å². The summed E-state index contributed by atoms with van der Waals surface area (Å²) in [5.41, 5.74) is 8.75. The van der Waals surface area contributed by atoms with E-state index in [1.54, 1.807) is 18.2 Å². The molecule has 1 aliphatic heterocycles. The highest BCUT2D eigenvalue weighted by molar-refractivity contribution is 6.04. The molecule has 0 unspecified atom stereocenters. The van der Waals surface area contributed by atoms with Gasteiger partial charge in [-0.15, -0.1) is 0 Å². The molecule has 1 amide bonds. The van der Waals surface area contributed by atoms with Gasteiger partial charge >= 0.3 is 0 Å². The van der Waals surface area contributed by atoms with E-state index in [4.69, 9.17) is 10.5 Å². The van der Waals surface area contributed by atoms with Crippen LogP contribution in [0.1, 0.15) is 16.8 Å². The van der Waals surface area contributed by atoms with E-state index in [0.29, 0.717) is 18.1 Å². The first kappa shape index (κ1) is 15.0. The van der Waals surface area contributed by atoms with Crippen LogP contribution < -0.4 is 20.7 Å². The number of methoxy groups -OCH3 is 1. The number of nitrogen functional groups attached to an aromatic ring is 1. The largest absolute Gasteiger partial charge is 0.496 e. The van der Waals surface area contributed by atoms with Crippen molar-refractivity contribution in [3.63, 3.8) is 0 Å². The number of nitrogens with two attached hydrogens (primary N) is 1. The van der Waals surface area contributed by atoms with Gasteiger partial charge in [-0.1, -0.05) is 0 Å². The number of nitrogens with zero attached hydrogens (tertiary/aromatic N) is 4. The number of carbonyl (C=O) groups excluding carboxylic acids is 1. The number of aromatic nitrogens is 3. The van der Waals surface area contributed by atoms with Crippen LogP contribution in [0.2, 0.25) is 0 Å². The molecule has 2 aromatic rings. The van der Waals surface area contributed by atoms with Gasteiger partial charge in [0.2, 0.25) is 5.95 Å². The molecule has 0 spiro atoms. The number of pyridine rings is 1. The van der Waals surface area contributed by atoms with Gasteiger partial charge < -0.3 is 20.7 Å². The Morgan fingerprint density at radius 1 is 1.35 bits per heavy atom. The summed E-state index contributed by atoms with van der Waals surface area (Å²) >= 11 is 0. The minimum Gasteiger partial charge on any atom is -0.496 e. The van der Waals surface area contributed by atoms with Gasteiger partial charge in [0, 0.05) is 17.3 Å². The first-order valence-corrected chi connectivity index (χ1v) is 6.96. The molecule has 1 aliphatic rings. The number of hydrogen-bond donors (Lipinski definition) is 2. The molecular weight excluding hydrogens is 296 g/mol. The maximum absolute atomic E-state index is 11.8. The van der Waals surface area contributed by atoms with E-state index in [0.717, 1.165) is 22.6 Å². The molecule has 3 rings (SSSR count). The monoisotopic (exact) mass is 312 g/mol. The van der Waals surface area contributed by atoms with E-state index in [2.05, 4.69) is 26.8 Å². The van der Waals surface area contributed by atoms with Gasteiger partial charge in [0.15, 0.2) is 12.4 Å². The number of ether oxygens (including phenoxy) is 1. The van der Waals surface area contributed by atoms with Crippen LogP contribution in [0.25, 0.3) is 0 Å². The Balaban J connectivity index is 1.98. The lowest BCUT2D eigenvalue weighted by molar-refractivity contribution is -0.113. The van der Waals surface area contributed by atoms with Crippen LogP contribution in [-0.4, -0.2) is 28.0 Å². The quantitative estimate of drug-likeness (QED) is 0.873. The average molecular weight is 312 g/mol. The van der Waals surface area contributed by atoms with Crippen molar-refractivity contribution in [2.45, 2.75) is 20.4 Å². The number of amides is 1. The first-order valence-electron chi connectivity index (χ1n) is 6.96. The summed E-state index contributed by atoms with van der Waals surface area (Å²) in [6, 6.07) is 0. The lowest BCUT2D eigenvalue weighted by atomic mass is 10.1. The SMILES string of the molecule is COc1c(C)cnc(CN2[C]C(=O)Nc3cnc(N)nc32)c1C. The highest BCUT2D eigenvalue weighted by Crippen LogP contribution is 2.31. The summed E-state index contributed by atoms with van der Waals surface area (Å²) in [4.78, 5) is 25.8. The van der Waals surface area contributed by atoms with Crippen LogP contribution in [0.3, 0.4) is 0 Å². The summed E-state index contributed by atoms with van der Waals surface area (Å²) in [5, 5.41) is 2.63. The van der Waals surface area contributed by atoms with Crippen molar-refractivity contribution in [2.75, 3.05) is 23.1 Å². The molecule has 0 bridgehead atoms. The Labute approximate surface area is 133 Å². The van der Waals surface area contributed by atoms with Crippen LogP contribution in [0.4, 0.5) is 17.5 Å². The first-order chi connectivity index (χ1) is 11.0. The van der Waals surface area contributed by atoms with Crippen LogP contribution in [0.5, 0.6) is 5.75 Å². The van der Waals surface area contributed by atoms with Crippen molar-refractivity contribution in [1.82, 2.24) is 15.0 Å². The Hall–Kier alpha value is -2.90. The van der Waals surface area contributed by atoms with E-state index in [-0.39, 0.29) is 11.9 Å². The van der Waals surface area contributed by atoms with Crippen LogP contribution in [-0.2, 0) is 11.3 Å². The van der Waals surface area contributed by atoms with Crippen molar-refractivity contribution >= 4 is 23.4 Å². The number of aryl methyl sites for hydroxylation is 1. The van der Waals surface area contributed by atoms with Crippen LogP contribution >= 0.6 is 0 Å².